The van der Waals surface area contributed by atoms with E-state index in [1.807, 2.05) is 25.1 Å². The predicted octanol–water partition coefficient (Wildman–Crippen LogP) is 3.54. The number of pyridine rings is 1. The number of fused-ring (bicyclic) bond motifs is 1. The number of aryl methyl sites for hydroxylation is 2. The molecule has 0 bridgehead atoms. The Balaban J connectivity index is 1.43. The molecule has 5 heteroatoms. The molecular formula is C23H33N3O2. The van der Waals surface area contributed by atoms with Crippen LogP contribution in [0.15, 0.2) is 29.1 Å². The third-order valence-electron chi connectivity index (χ3n) is 5.86. The van der Waals surface area contributed by atoms with Crippen LogP contribution in [0.2, 0.25) is 0 Å². The van der Waals surface area contributed by atoms with Gasteiger partial charge in [-0.05, 0) is 69.2 Å². The minimum Gasteiger partial charge on any atom is -0.356 e. The maximum Gasteiger partial charge on any atom is 0.251 e. The Morgan fingerprint density at radius 2 is 2.14 bits per heavy atom. The Morgan fingerprint density at radius 1 is 1.29 bits per heavy atom. The summed E-state index contributed by atoms with van der Waals surface area (Å²) in [7, 11) is 0. The summed E-state index contributed by atoms with van der Waals surface area (Å²) in [6.45, 7) is 7.25. The maximum absolute atomic E-state index is 12.2. The number of benzene rings is 1. The molecule has 152 valence electrons. The minimum atomic E-state index is -0.0974. The van der Waals surface area contributed by atoms with Gasteiger partial charge in [-0.25, -0.2) is 0 Å². The molecule has 1 aromatic carbocycles. The van der Waals surface area contributed by atoms with E-state index in [1.54, 1.807) is 0 Å². The second kappa shape index (κ2) is 9.87. The van der Waals surface area contributed by atoms with Gasteiger partial charge in [0.1, 0.15) is 0 Å². The van der Waals surface area contributed by atoms with Crippen molar-refractivity contribution < 1.29 is 4.79 Å². The lowest BCUT2D eigenvalue weighted by atomic mass is 10.00. The summed E-state index contributed by atoms with van der Waals surface area (Å²) < 4.78 is 0. The number of H-pyrrole nitrogens is 1. The zero-order valence-electron chi connectivity index (χ0n) is 17.2. The van der Waals surface area contributed by atoms with Gasteiger partial charge in [0.05, 0.1) is 0 Å². The molecule has 1 aliphatic heterocycles. The summed E-state index contributed by atoms with van der Waals surface area (Å²) in [5, 5.41) is 4.03. The lowest BCUT2D eigenvalue weighted by molar-refractivity contribution is -0.121. The molecule has 5 nitrogen and oxygen atoms in total. The number of hydrogen-bond acceptors (Lipinski definition) is 3. The zero-order chi connectivity index (χ0) is 19.9. The molecule has 0 radical (unpaired) electrons. The first-order valence-corrected chi connectivity index (χ1v) is 10.7. The summed E-state index contributed by atoms with van der Waals surface area (Å²) in [5.41, 5.74) is 2.57. The molecule has 2 aromatic rings. The molecule has 2 heterocycles. The van der Waals surface area contributed by atoms with E-state index in [0.717, 1.165) is 29.4 Å². The highest BCUT2D eigenvalue weighted by Gasteiger charge is 2.19. The fourth-order valence-electron chi connectivity index (χ4n) is 4.22. The summed E-state index contributed by atoms with van der Waals surface area (Å²) in [4.78, 5) is 29.9. The van der Waals surface area contributed by atoms with Crippen molar-refractivity contribution in [1.29, 1.82) is 0 Å². The van der Waals surface area contributed by atoms with Gasteiger partial charge < -0.3 is 15.2 Å². The number of likely N-dealkylation sites (tertiary alicyclic amines) is 1. The van der Waals surface area contributed by atoms with Crippen LogP contribution in [0, 0.1) is 6.92 Å². The first-order chi connectivity index (χ1) is 13.6. The van der Waals surface area contributed by atoms with Gasteiger partial charge in [-0.2, -0.15) is 0 Å². The number of rotatable bonds is 8. The highest BCUT2D eigenvalue weighted by molar-refractivity contribution is 5.80. The van der Waals surface area contributed by atoms with E-state index in [0.29, 0.717) is 31.0 Å². The minimum absolute atomic E-state index is 0.0226. The largest absolute Gasteiger partial charge is 0.356 e. The van der Waals surface area contributed by atoms with Gasteiger partial charge in [-0.1, -0.05) is 25.0 Å². The van der Waals surface area contributed by atoms with E-state index in [2.05, 4.69) is 28.2 Å². The Bertz CT molecular complexity index is 859. The Hall–Kier alpha value is -2.14. The number of aromatic nitrogens is 1. The van der Waals surface area contributed by atoms with Crippen LogP contribution in [-0.2, 0) is 11.2 Å². The van der Waals surface area contributed by atoms with Gasteiger partial charge in [-0.3, -0.25) is 9.59 Å². The van der Waals surface area contributed by atoms with Crippen molar-refractivity contribution in [2.24, 2.45) is 0 Å². The molecular weight excluding hydrogens is 350 g/mol. The SMILES string of the molecule is CC[C@@H]1CCCCN1CCCNC(=O)CCc1cc2cc(C)ccc2[nH]c1=O. The first kappa shape index (κ1) is 20.6. The molecule has 2 N–H and O–H groups in total. The molecule has 1 atom stereocenters. The van der Waals surface area contributed by atoms with Gasteiger partial charge in [0, 0.05) is 36.6 Å². The zero-order valence-corrected chi connectivity index (χ0v) is 17.2. The monoisotopic (exact) mass is 383 g/mol. The number of hydrogen-bond donors (Lipinski definition) is 2. The van der Waals surface area contributed by atoms with E-state index in [9.17, 15) is 9.59 Å². The summed E-state index contributed by atoms with van der Waals surface area (Å²) in [6, 6.07) is 8.59. The maximum atomic E-state index is 12.2. The van der Waals surface area contributed by atoms with Crippen molar-refractivity contribution >= 4 is 16.8 Å². The molecule has 0 aliphatic carbocycles. The standard InChI is InChI=1S/C23H33N3O2/c1-3-20-7-4-5-13-26(20)14-6-12-24-22(27)11-9-18-16-19-15-17(2)8-10-21(19)25-23(18)28/h8,10,15-16,20H,3-7,9,11-14H2,1-2H3,(H,24,27)(H,25,28)/t20-/m1/s1. The quantitative estimate of drug-likeness (QED) is 0.685. The molecule has 0 saturated carbocycles. The highest BCUT2D eigenvalue weighted by Crippen LogP contribution is 2.19. The lowest BCUT2D eigenvalue weighted by Gasteiger charge is -2.35. The predicted molar refractivity (Wildman–Crippen MR) is 115 cm³/mol. The third-order valence-corrected chi connectivity index (χ3v) is 5.86. The fraction of sp³-hybridized carbons (Fsp3) is 0.565. The smallest absolute Gasteiger partial charge is 0.251 e. The van der Waals surface area contributed by atoms with Gasteiger partial charge in [0.2, 0.25) is 5.91 Å². The van der Waals surface area contributed by atoms with Gasteiger partial charge in [0.25, 0.3) is 5.56 Å². The number of carbonyl (C=O) groups excluding carboxylic acids is 1. The average Bonchev–Trinajstić information content (AvgIpc) is 2.70. The van der Waals surface area contributed by atoms with Crippen LogP contribution in [0.3, 0.4) is 0 Å². The van der Waals surface area contributed by atoms with E-state index < -0.39 is 0 Å². The van der Waals surface area contributed by atoms with Crippen LogP contribution in [-0.4, -0.2) is 41.5 Å². The molecule has 0 spiro atoms. The molecule has 28 heavy (non-hydrogen) atoms. The van der Waals surface area contributed by atoms with Crippen LogP contribution in [0.5, 0.6) is 0 Å². The number of aromatic amines is 1. The molecule has 1 aromatic heterocycles. The number of nitrogens with zero attached hydrogens (tertiary/aromatic N) is 1. The number of carbonyl (C=O) groups is 1. The van der Waals surface area contributed by atoms with Gasteiger partial charge in [-0.15, -0.1) is 0 Å². The second-order valence-electron chi connectivity index (χ2n) is 8.01. The van der Waals surface area contributed by atoms with Crippen molar-refractivity contribution in [3.63, 3.8) is 0 Å². The van der Waals surface area contributed by atoms with Crippen molar-refractivity contribution in [2.45, 2.75) is 64.8 Å². The Labute approximate surface area is 167 Å². The Morgan fingerprint density at radius 3 is 2.96 bits per heavy atom. The Kier molecular flexibility index (Phi) is 7.26. The first-order valence-electron chi connectivity index (χ1n) is 10.7. The van der Waals surface area contributed by atoms with E-state index in [1.165, 1.54) is 32.2 Å². The average molecular weight is 384 g/mol. The topological polar surface area (TPSA) is 65.2 Å². The van der Waals surface area contributed by atoms with E-state index in [4.69, 9.17) is 0 Å². The van der Waals surface area contributed by atoms with Crippen molar-refractivity contribution in [1.82, 2.24) is 15.2 Å². The summed E-state index contributed by atoms with van der Waals surface area (Å²) >= 11 is 0. The molecule has 1 aliphatic rings. The van der Waals surface area contributed by atoms with Crippen molar-refractivity contribution in [2.75, 3.05) is 19.6 Å². The third kappa shape index (κ3) is 5.44. The van der Waals surface area contributed by atoms with Crippen molar-refractivity contribution in [3.05, 3.63) is 45.7 Å². The van der Waals surface area contributed by atoms with Gasteiger partial charge >= 0.3 is 0 Å². The molecule has 1 saturated heterocycles. The van der Waals surface area contributed by atoms with Crippen LogP contribution >= 0.6 is 0 Å². The van der Waals surface area contributed by atoms with Gasteiger partial charge in [0.15, 0.2) is 0 Å². The van der Waals surface area contributed by atoms with Crippen molar-refractivity contribution in [3.8, 4) is 0 Å². The highest BCUT2D eigenvalue weighted by atomic mass is 16.1. The fourth-order valence-corrected chi connectivity index (χ4v) is 4.22. The van der Waals surface area contributed by atoms with Crippen LogP contribution in [0.25, 0.3) is 10.9 Å². The molecule has 1 amide bonds. The normalized spacial score (nSPS) is 17.7. The lowest BCUT2D eigenvalue weighted by Crippen LogP contribution is -2.40. The van der Waals surface area contributed by atoms with E-state index >= 15 is 0 Å². The molecule has 0 unspecified atom stereocenters. The van der Waals surface area contributed by atoms with Crippen LogP contribution < -0.4 is 10.9 Å². The number of piperidine rings is 1. The summed E-state index contributed by atoms with van der Waals surface area (Å²) in [6.07, 6.45) is 6.96. The van der Waals surface area contributed by atoms with Crippen LogP contribution in [0.4, 0.5) is 0 Å². The van der Waals surface area contributed by atoms with E-state index in [-0.39, 0.29) is 11.5 Å². The van der Waals surface area contributed by atoms with Crippen LogP contribution in [0.1, 0.15) is 56.6 Å². The molecule has 1 fully saturated rings. The second-order valence-corrected chi connectivity index (χ2v) is 8.01. The number of amides is 1. The number of nitrogens with one attached hydrogen (secondary N) is 2. The molecule has 3 rings (SSSR count). The summed E-state index contributed by atoms with van der Waals surface area (Å²) in [5.74, 6) is 0.0226.